The third-order valence-corrected chi connectivity index (χ3v) is 3.29. The van der Waals surface area contributed by atoms with Crippen LogP contribution in [0.3, 0.4) is 0 Å². The lowest BCUT2D eigenvalue weighted by molar-refractivity contribution is -0.151. The molecule has 0 aromatic heterocycles. The second kappa shape index (κ2) is 12.2. The van der Waals surface area contributed by atoms with Gasteiger partial charge in [0.15, 0.2) is 0 Å². The summed E-state index contributed by atoms with van der Waals surface area (Å²) in [6, 6.07) is 0. The smallest absolute Gasteiger partial charge is 0.334 e. The van der Waals surface area contributed by atoms with Crippen LogP contribution in [0.1, 0.15) is 59.3 Å². The number of carbonyl (C=O) groups is 2. The summed E-state index contributed by atoms with van der Waals surface area (Å²) in [5.74, 6) is -1.00. The summed E-state index contributed by atoms with van der Waals surface area (Å²) >= 11 is 0. The van der Waals surface area contributed by atoms with Crippen molar-refractivity contribution in [1.82, 2.24) is 0 Å². The molecule has 0 N–H and O–H groups in total. The predicted molar refractivity (Wildman–Crippen MR) is 85.5 cm³/mol. The van der Waals surface area contributed by atoms with E-state index in [-0.39, 0.29) is 30.8 Å². The highest BCUT2D eigenvalue weighted by molar-refractivity contribution is 5.93. The fraction of sp³-hybridized carbons (Fsp3) is 0.765. The van der Waals surface area contributed by atoms with Crippen molar-refractivity contribution in [2.45, 2.75) is 71.5 Å². The molecule has 2 atom stereocenters. The highest BCUT2D eigenvalue weighted by Crippen LogP contribution is 2.13. The van der Waals surface area contributed by atoms with Crippen LogP contribution in [-0.4, -0.2) is 37.9 Å². The summed E-state index contributed by atoms with van der Waals surface area (Å²) in [6.07, 6.45) is 4.35. The Morgan fingerprint density at radius 3 is 2.36 bits per heavy atom. The highest BCUT2D eigenvalue weighted by Gasteiger charge is 2.18. The Kier molecular flexibility index (Phi) is 11.5. The van der Waals surface area contributed by atoms with Crippen LogP contribution in [0.4, 0.5) is 0 Å². The molecule has 0 fully saturated rings. The molecule has 0 heterocycles. The molecule has 0 aliphatic carbocycles. The van der Waals surface area contributed by atoms with Gasteiger partial charge in [-0.25, -0.2) is 4.79 Å². The van der Waals surface area contributed by atoms with Gasteiger partial charge < -0.3 is 14.2 Å². The SMILES string of the molecule is C=C(CC(=O)OC(CCC)CCCC)C(=O)OCC(C)OC. The van der Waals surface area contributed by atoms with Crippen molar-refractivity contribution in [3.8, 4) is 0 Å². The molecular formula is C17H30O5. The molecule has 0 spiro atoms. The van der Waals surface area contributed by atoms with Crippen LogP contribution in [0.5, 0.6) is 0 Å². The first-order valence-corrected chi connectivity index (χ1v) is 8.01. The Balaban J connectivity index is 4.20. The van der Waals surface area contributed by atoms with Gasteiger partial charge in [0.2, 0.25) is 0 Å². The van der Waals surface area contributed by atoms with Crippen molar-refractivity contribution >= 4 is 11.9 Å². The van der Waals surface area contributed by atoms with Crippen LogP contribution in [0.25, 0.3) is 0 Å². The molecule has 5 heteroatoms. The van der Waals surface area contributed by atoms with Crippen molar-refractivity contribution < 1.29 is 23.8 Å². The van der Waals surface area contributed by atoms with E-state index < -0.39 is 11.9 Å². The zero-order valence-electron chi connectivity index (χ0n) is 14.4. The van der Waals surface area contributed by atoms with E-state index in [1.165, 1.54) is 7.11 Å². The number of carbonyl (C=O) groups excluding carboxylic acids is 2. The molecule has 0 saturated carbocycles. The van der Waals surface area contributed by atoms with E-state index in [0.29, 0.717) is 0 Å². The Morgan fingerprint density at radius 1 is 1.14 bits per heavy atom. The van der Waals surface area contributed by atoms with Gasteiger partial charge >= 0.3 is 11.9 Å². The first-order valence-electron chi connectivity index (χ1n) is 8.01. The maximum Gasteiger partial charge on any atom is 0.334 e. The monoisotopic (exact) mass is 314 g/mol. The minimum atomic E-state index is -0.582. The summed E-state index contributed by atoms with van der Waals surface area (Å²) < 4.78 is 15.4. The Hall–Kier alpha value is -1.36. The summed E-state index contributed by atoms with van der Waals surface area (Å²) in [4.78, 5) is 23.6. The van der Waals surface area contributed by atoms with Crippen LogP contribution in [-0.2, 0) is 23.8 Å². The minimum Gasteiger partial charge on any atom is -0.462 e. The third-order valence-electron chi connectivity index (χ3n) is 3.29. The van der Waals surface area contributed by atoms with Crippen LogP contribution in [0, 0.1) is 0 Å². The molecule has 0 aliphatic heterocycles. The number of hydrogen-bond donors (Lipinski definition) is 0. The van der Waals surface area contributed by atoms with Crippen LogP contribution in [0.15, 0.2) is 12.2 Å². The fourth-order valence-electron chi connectivity index (χ4n) is 1.85. The van der Waals surface area contributed by atoms with Gasteiger partial charge in [-0.3, -0.25) is 4.79 Å². The van der Waals surface area contributed by atoms with E-state index in [9.17, 15) is 9.59 Å². The van der Waals surface area contributed by atoms with Gasteiger partial charge in [-0.15, -0.1) is 0 Å². The lowest BCUT2D eigenvalue weighted by Crippen LogP contribution is -2.22. The second-order valence-electron chi connectivity index (χ2n) is 5.47. The van der Waals surface area contributed by atoms with Crippen molar-refractivity contribution in [2.24, 2.45) is 0 Å². The van der Waals surface area contributed by atoms with E-state index >= 15 is 0 Å². The van der Waals surface area contributed by atoms with Crippen LogP contribution in [0.2, 0.25) is 0 Å². The highest BCUT2D eigenvalue weighted by atomic mass is 16.6. The van der Waals surface area contributed by atoms with Gasteiger partial charge in [0.25, 0.3) is 0 Å². The standard InChI is InChI=1S/C17H30O5/c1-6-8-10-15(9-7-2)22-16(18)11-13(3)17(19)21-12-14(4)20-5/h14-15H,3,6-12H2,1-2,4-5H3. The molecule has 0 rings (SSSR count). The number of rotatable bonds is 12. The van der Waals surface area contributed by atoms with E-state index in [1.54, 1.807) is 6.92 Å². The zero-order chi connectivity index (χ0) is 17.0. The third kappa shape index (κ3) is 9.55. The number of ether oxygens (including phenoxy) is 3. The van der Waals surface area contributed by atoms with Gasteiger partial charge in [0.05, 0.1) is 12.5 Å². The average Bonchev–Trinajstić information content (AvgIpc) is 2.49. The number of esters is 2. The Morgan fingerprint density at radius 2 is 1.82 bits per heavy atom. The van der Waals surface area contributed by atoms with E-state index in [1.807, 2.05) is 0 Å². The number of hydrogen-bond acceptors (Lipinski definition) is 5. The Labute approximate surface area is 134 Å². The van der Waals surface area contributed by atoms with E-state index in [4.69, 9.17) is 14.2 Å². The molecule has 0 aromatic carbocycles. The molecule has 0 radical (unpaired) electrons. The molecule has 22 heavy (non-hydrogen) atoms. The van der Waals surface area contributed by atoms with Crippen LogP contribution < -0.4 is 0 Å². The quantitative estimate of drug-likeness (QED) is 0.408. The second-order valence-corrected chi connectivity index (χ2v) is 5.47. The number of methoxy groups -OCH3 is 1. The first-order chi connectivity index (χ1) is 10.4. The maximum absolute atomic E-state index is 11.9. The molecule has 128 valence electrons. The van der Waals surface area contributed by atoms with Crippen molar-refractivity contribution in [3.05, 3.63) is 12.2 Å². The molecule has 0 aromatic rings. The van der Waals surface area contributed by atoms with E-state index in [2.05, 4.69) is 20.4 Å². The van der Waals surface area contributed by atoms with Crippen molar-refractivity contribution in [3.63, 3.8) is 0 Å². The molecule has 2 unspecified atom stereocenters. The topological polar surface area (TPSA) is 61.8 Å². The molecule has 0 aliphatic rings. The Bertz CT molecular complexity index is 351. The molecule has 0 bridgehead atoms. The lowest BCUT2D eigenvalue weighted by Gasteiger charge is -2.17. The van der Waals surface area contributed by atoms with Crippen molar-refractivity contribution in [2.75, 3.05) is 13.7 Å². The zero-order valence-corrected chi connectivity index (χ0v) is 14.4. The summed E-state index contributed by atoms with van der Waals surface area (Å²) in [6.45, 7) is 9.68. The maximum atomic E-state index is 11.9. The summed E-state index contributed by atoms with van der Waals surface area (Å²) in [7, 11) is 1.54. The van der Waals surface area contributed by atoms with E-state index in [0.717, 1.165) is 32.1 Å². The molecule has 0 amide bonds. The molecule has 5 nitrogen and oxygen atoms in total. The van der Waals surface area contributed by atoms with Gasteiger partial charge in [0, 0.05) is 12.7 Å². The van der Waals surface area contributed by atoms with Gasteiger partial charge in [-0.1, -0.05) is 39.7 Å². The van der Waals surface area contributed by atoms with Crippen molar-refractivity contribution in [1.29, 1.82) is 0 Å². The summed E-state index contributed by atoms with van der Waals surface area (Å²) in [5.41, 5.74) is 0.110. The van der Waals surface area contributed by atoms with Crippen LogP contribution >= 0.6 is 0 Å². The largest absolute Gasteiger partial charge is 0.462 e. The predicted octanol–water partition coefficient (Wildman–Crippen LogP) is 3.41. The molecule has 0 saturated heterocycles. The first kappa shape index (κ1) is 20.6. The minimum absolute atomic E-state index is 0.0743. The average molecular weight is 314 g/mol. The van der Waals surface area contributed by atoms with Gasteiger partial charge in [0.1, 0.15) is 12.7 Å². The van der Waals surface area contributed by atoms with Gasteiger partial charge in [-0.2, -0.15) is 0 Å². The summed E-state index contributed by atoms with van der Waals surface area (Å²) in [5, 5.41) is 0. The normalized spacial score (nSPS) is 13.3. The number of unbranched alkanes of at least 4 members (excludes halogenated alkanes) is 1. The molecular weight excluding hydrogens is 284 g/mol. The lowest BCUT2D eigenvalue weighted by atomic mass is 10.1. The van der Waals surface area contributed by atoms with Gasteiger partial charge in [-0.05, 0) is 19.8 Å². The fourth-order valence-corrected chi connectivity index (χ4v) is 1.85.